The van der Waals surface area contributed by atoms with Crippen LogP contribution < -0.4 is 9.47 Å². The molecule has 0 N–H and O–H groups in total. The minimum absolute atomic E-state index is 0.0558. The average Bonchev–Trinajstić information content (AvgIpc) is 2.56. The molecule has 0 atom stereocenters. The first-order valence-corrected chi connectivity index (χ1v) is 6.69. The number of para-hydroxylation sites is 4. The fourth-order valence-corrected chi connectivity index (χ4v) is 1.81. The third kappa shape index (κ3) is 3.71. The van der Waals surface area contributed by atoms with E-state index in [2.05, 4.69) is 16.0 Å². The summed E-state index contributed by atoms with van der Waals surface area (Å²) in [5.74, 6) is 1.18. The Kier molecular flexibility index (Phi) is 4.79. The molecule has 0 spiro atoms. The Morgan fingerprint density at radius 2 is 1.18 bits per heavy atom. The standard InChI is InChI=1S/C16H14N2O4/c1-3-7-15-13(5-1)17-9-18-14-6-2-4-8-16(14)22-12-20-10-19-11-21-15/h1-8H,10-12H2. The summed E-state index contributed by atoms with van der Waals surface area (Å²) in [7, 11) is 0. The van der Waals surface area contributed by atoms with Gasteiger partial charge >= 0.3 is 0 Å². The van der Waals surface area contributed by atoms with Crippen molar-refractivity contribution in [2.75, 3.05) is 20.4 Å². The number of benzene rings is 2. The zero-order chi connectivity index (χ0) is 15.0. The van der Waals surface area contributed by atoms with Crippen molar-refractivity contribution in [1.82, 2.24) is 0 Å². The van der Waals surface area contributed by atoms with Crippen LogP contribution in [0.3, 0.4) is 0 Å². The second-order valence-electron chi connectivity index (χ2n) is 4.31. The number of aliphatic imine (C=N–C) groups is 2. The summed E-state index contributed by atoms with van der Waals surface area (Å²) in [4.78, 5) is 8.38. The van der Waals surface area contributed by atoms with Gasteiger partial charge < -0.3 is 18.9 Å². The summed E-state index contributed by atoms with van der Waals surface area (Å²) in [5, 5.41) is 0. The number of fused-ring (bicyclic) bond motifs is 2. The SMILES string of the molecule is C1=Nc2ccccc2OCOCOCOc2ccccc2N=1. The molecule has 0 radical (unpaired) electrons. The monoisotopic (exact) mass is 298 g/mol. The van der Waals surface area contributed by atoms with E-state index >= 15 is 0 Å². The van der Waals surface area contributed by atoms with E-state index in [1.165, 1.54) is 0 Å². The molecular formula is C16H14N2O4. The van der Waals surface area contributed by atoms with Crippen molar-refractivity contribution in [1.29, 1.82) is 0 Å². The van der Waals surface area contributed by atoms with Crippen molar-refractivity contribution >= 4 is 17.4 Å². The Hall–Kier alpha value is -2.66. The van der Waals surface area contributed by atoms with Crippen LogP contribution in [0.25, 0.3) is 0 Å². The molecule has 6 nitrogen and oxygen atoms in total. The van der Waals surface area contributed by atoms with Crippen LogP contribution in [0.1, 0.15) is 0 Å². The Morgan fingerprint density at radius 1 is 0.682 bits per heavy atom. The van der Waals surface area contributed by atoms with E-state index < -0.39 is 0 Å². The van der Waals surface area contributed by atoms with Gasteiger partial charge in [-0.25, -0.2) is 0 Å². The van der Waals surface area contributed by atoms with Gasteiger partial charge in [0.1, 0.15) is 28.9 Å². The molecule has 0 aliphatic carbocycles. The zero-order valence-corrected chi connectivity index (χ0v) is 11.8. The van der Waals surface area contributed by atoms with Crippen molar-refractivity contribution in [3.63, 3.8) is 0 Å². The summed E-state index contributed by atoms with van der Waals surface area (Å²) in [6, 6.07) is 17.3. The maximum Gasteiger partial charge on any atom is 0.191 e. The molecule has 0 aromatic heterocycles. The van der Waals surface area contributed by atoms with E-state index in [1.54, 1.807) is 12.1 Å². The van der Waals surface area contributed by atoms with Gasteiger partial charge in [0.15, 0.2) is 20.4 Å². The first kappa shape index (κ1) is 14.3. The molecule has 0 fully saturated rings. The topological polar surface area (TPSA) is 61.6 Å². The van der Waals surface area contributed by atoms with Crippen LogP contribution in [0.15, 0.2) is 58.5 Å². The number of ether oxygens (including phenoxy) is 4. The van der Waals surface area contributed by atoms with Crippen molar-refractivity contribution in [3.8, 4) is 11.5 Å². The van der Waals surface area contributed by atoms with E-state index in [9.17, 15) is 0 Å². The second-order valence-corrected chi connectivity index (χ2v) is 4.31. The second kappa shape index (κ2) is 7.38. The zero-order valence-electron chi connectivity index (χ0n) is 11.8. The molecule has 112 valence electrons. The quantitative estimate of drug-likeness (QED) is 0.746. The maximum atomic E-state index is 5.48. The molecular weight excluding hydrogens is 284 g/mol. The van der Waals surface area contributed by atoms with Crippen molar-refractivity contribution in [2.24, 2.45) is 9.98 Å². The molecule has 0 unspecified atom stereocenters. The summed E-state index contributed by atoms with van der Waals surface area (Å²) in [6.45, 7) is 0.178. The lowest BCUT2D eigenvalue weighted by atomic mass is 10.3. The van der Waals surface area contributed by atoms with Crippen LogP contribution in [-0.4, -0.2) is 26.4 Å². The van der Waals surface area contributed by atoms with Crippen LogP contribution in [0.4, 0.5) is 11.4 Å². The first-order chi connectivity index (χ1) is 10.9. The Balaban J connectivity index is 1.94. The molecule has 1 aliphatic rings. The molecule has 2 aromatic rings. The Bertz CT molecular complexity index is 641. The van der Waals surface area contributed by atoms with Crippen LogP contribution in [0.2, 0.25) is 0 Å². The van der Waals surface area contributed by atoms with E-state index in [4.69, 9.17) is 18.9 Å². The summed E-state index contributed by atoms with van der Waals surface area (Å²) < 4.78 is 21.4. The summed E-state index contributed by atoms with van der Waals surface area (Å²) in [6.07, 6.45) is 0. The first-order valence-electron chi connectivity index (χ1n) is 6.69. The van der Waals surface area contributed by atoms with Gasteiger partial charge in [0, 0.05) is 0 Å². The van der Waals surface area contributed by atoms with Gasteiger partial charge in [0.2, 0.25) is 0 Å². The minimum Gasteiger partial charge on any atom is -0.465 e. The van der Waals surface area contributed by atoms with Crippen molar-refractivity contribution in [2.45, 2.75) is 0 Å². The van der Waals surface area contributed by atoms with Crippen LogP contribution >= 0.6 is 0 Å². The predicted octanol–water partition coefficient (Wildman–Crippen LogP) is 3.50. The van der Waals surface area contributed by atoms with Gasteiger partial charge in [-0.3, -0.25) is 0 Å². The highest BCUT2D eigenvalue weighted by Gasteiger charge is 2.03. The fourth-order valence-electron chi connectivity index (χ4n) is 1.81. The highest BCUT2D eigenvalue weighted by molar-refractivity contribution is 5.64. The highest BCUT2D eigenvalue weighted by atomic mass is 16.8. The molecule has 0 saturated heterocycles. The van der Waals surface area contributed by atoms with Gasteiger partial charge in [-0.1, -0.05) is 24.3 Å². The number of nitrogens with zero attached hydrogens (tertiary/aromatic N) is 2. The fraction of sp³-hybridized carbons (Fsp3) is 0.188. The third-order valence-corrected chi connectivity index (χ3v) is 2.83. The maximum absolute atomic E-state index is 5.48. The molecule has 22 heavy (non-hydrogen) atoms. The molecule has 2 aromatic carbocycles. The Labute approximate surface area is 127 Å². The number of hydrogen-bond acceptors (Lipinski definition) is 6. The molecule has 3 rings (SSSR count). The van der Waals surface area contributed by atoms with Gasteiger partial charge in [-0.05, 0) is 24.3 Å². The normalized spacial score (nSPS) is 14.9. The highest BCUT2D eigenvalue weighted by Crippen LogP contribution is 2.28. The molecule has 1 aliphatic heterocycles. The lowest BCUT2D eigenvalue weighted by molar-refractivity contribution is -0.129. The molecule has 0 saturated carbocycles. The molecule has 6 heteroatoms. The van der Waals surface area contributed by atoms with Crippen LogP contribution in [-0.2, 0) is 9.47 Å². The van der Waals surface area contributed by atoms with Crippen molar-refractivity contribution in [3.05, 3.63) is 48.5 Å². The predicted molar refractivity (Wildman–Crippen MR) is 80.1 cm³/mol. The molecule has 0 amide bonds. The minimum atomic E-state index is 0.0558. The number of hydrogen-bond donors (Lipinski definition) is 0. The average molecular weight is 298 g/mol. The third-order valence-electron chi connectivity index (χ3n) is 2.83. The van der Waals surface area contributed by atoms with Gasteiger partial charge in [0.05, 0.1) is 0 Å². The lowest BCUT2D eigenvalue weighted by Crippen LogP contribution is -2.10. The lowest BCUT2D eigenvalue weighted by Gasteiger charge is -2.11. The summed E-state index contributed by atoms with van der Waals surface area (Å²) in [5.41, 5.74) is 1.23. The van der Waals surface area contributed by atoms with Crippen LogP contribution in [0, 0.1) is 0 Å². The van der Waals surface area contributed by atoms with E-state index in [0.717, 1.165) is 0 Å². The van der Waals surface area contributed by atoms with Gasteiger partial charge in [0.25, 0.3) is 0 Å². The Morgan fingerprint density at radius 3 is 1.73 bits per heavy atom. The van der Waals surface area contributed by atoms with E-state index in [1.807, 2.05) is 36.4 Å². The van der Waals surface area contributed by atoms with E-state index in [0.29, 0.717) is 22.9 Å². The largest absolute Gasteiger partial charge is 0.465 e. The molecule has 1 heterocycles. The van der Waals surface area contributed by atoms with Crippen molar-refractivity contribution < 1.29 is 18.9 Å². The summed E-state index contributed by atoms with van der Waals surface area (Å²) >= 11 is 0. The van der Waals surface area contributed by atoms with Gasteiger partial charge in [-0.2, -0.15) is 9.98 Å². The van der Waals surface area contributed by atoms with E-state index in [-0.39, 0.29) is 20.4 Å². The smallest absolute Gasteiger partial charge is 0.191 e. The number of rotatable bonds is 0. The van der Waals surface area contributed by atoms with Gasteiger partial charge in [-0.15, -0.1) is 0 Å². The molecule has 0 bridgehead atoms. The van der Waals surface area contributed by atoms with Crippen LogP contribution in [0.5, 0.6) is 11.5 Å².